The predicted octanol–water partition coefficient (Wildman–Crippen LogP) is 4.25. The molecule has 0 fully saturated rings. The zero-order valence-electron chi connectivity index (χ0n) is 15.3. The maximum atomic E-state index is 5.43. The molecule has 7 heteroatoms. The summed E-state index contributed by atoms with van der Waals surface area (Å²) in [5, 5.41) is 6.40. The third-order valence-corrected chi connectivity index (χ3v) is 3.70. The largest absolute Gasteiger partial charge is 0.467 e. The molecule has 138 valence electrons. The third kappa shape index (κ3) is 7.41. The number of hydrogen-bond donors (Lipinski definition) is 2. The van der Waals surface area contributed by atoms with Crippen LogP contribution in [0.5, 0.6) is 6.01 Å². The van der Waals surface area contributed by atoms with Crippen LogP contribution in [0.2, 0.25) is 0 Å². The Morgan fingerprint density at radius 1 is 0.960 bits per heavy atom. The molecule has 0 spiro atoms. The number of hydrogen-bond acceptors (Lipinski definition) is 7. The van der Waals surface area contributed by atoms with Crippen molar-refractivity contribution in [2.75, 3.05) is 23.8 Å². The summed E-state index contributed by atoms with van der Waals surface area (Å²) in [6.07, 6.45) is 9.17. The average Bonchev–Trinajstić information content (AvgIpc) is 3.13. The quantitative estimate of drug-likeness (QED) is 0.524. The standard InChI is InChI=1S/C18H29N5O2/c1-3-5-6-7-8-9-12-19-16-21-17(23-18(22-16)24-4-2)20-14-15-11-10-13-25-15/h10-11,13H,3-9,12,14H2,1-2H3,(H2,19,20,21,22,23). The first-order chi connectivity index (χ1) is 12.3. The number of aromatic nitrogens is 3. The zero-order chi connectivity index (χ0) is 17.7. The van der Waals surface area contributed by atoms with Crippen LogP contribution in [0.3, 0.4) is 0 Å². The van der Waals surface area contributed by atoms with Gasteiger partial charge in [0, 0.05) is 6.54 Å². The minimum absolute atomic E-state index is 0.324. The fraction of sp³-hybridized carbons (Fsp3) is 0.611. The van der Waals surface area contributed by atoms with Crippen molar-refractivity contribution in [3.05, 3.63) is 24.2 Å². The van der Waals surface area contributed by atoms with E-state index in [1.807, 2.05) is 19.1 Å². The summed E-state index contributed by atoms with van der Waals surface area (Å²) in [7, 11) is 0. The SMILES string of the molecule is CCCCCCCCNc1nc(NCc2ccco2)nc(OCC)n1. The van der Waals surface area contributed by atoms with E-state index >= 15 is 0 Å². The van der Waals surface area contributed by atoms with Crippen LogP contribution in [0.4, 0.5) is 11.9 Å². The van der Waals surface area contributed by atoms with Gasteiger partial charge in [0.15, 0.2) is 0 Å². The number of unbranched alkanes of at least 4 members (excludes halogenated alkanes) is 5. The van der Waals surface area contributed by atoms with Crippen LogP contribution in [0.1, 0.15) is 58.1 Å². The average molecular weight is 347 g/mol. The van der Waals surface area contributed by atoms with Gasteiger partial charge >= 0.3 is 6.01 Å². The van der Waals surface area contributed by atoms with E-state index in [2.05, 4.69) is 32.5 Å². The second kappa shape index (κ2) is 11.3. The zero-order valence-corrected chi connectivity index (χ0v) is 15.3. The van der Waals surface area contributed by atoms with Crippen molar-refractivity contribution < 1.29 is 9.15 Å². The molecule has 0 bridgehead atoms. The molecular weight excluding hydrogens is 318 g/mol. The van der Waals surface area contributed by atoms with Crippen LogP contribution in [0.25, 0.3) is 0 Å². The Morgan fingerprint density at radius 2 is 1.72 bits per heavy atom. The topological polar surface area (TPSA) is 85.1 Å². The van der Waals surface area contributed by atoms with E-state index in [0.29, 0.717) is 31.1 Å². The summed E-state index contributed by atoms with van der Waals surface area (Å²) in [5.41, 5.74) is 0. The lowest BCUT2D eigenvalue weighted by atomic mass is 10.1. The van der Waals surface area contributed by atoms with Gasteiger partial charge in [-0.3, -0.25) is 0 Å². The lowest BCUT2D eigenvalue weighted by molar-refractivity contribution is 0.312. The molecule has 7 nitrogen and oxygen atoms in total. The molecule has 0 atom stereocenters. The Bertz CT molecular complexity index is 589. The van der Waals surface area contributed by atoms with Crippen molar-refractivity contribution in [1.29, 1.82) is 0 Å². The summed E-state index contributed by atoms with van der Waals surface area (Å²) < 4.78 is 10.7. The lowest BCUT2D eigenvalue weighted by Crippen LogP contribution is -2.11. The van der Waals surface area contributed by atoms with Crippen LogP contribution in [0.15, 0.2) is 22.8 Å². The molecule has 0 aliphatic rings. The number of nitrogens with zero attached hydrogens (tertiary/aromatic N) is 3. The van der Waals surface area contributed by atoms with E-state index in [1.54, 1.807) is 6.26 Å². The highest BCUT2D eigenvalue weighted by atomic mass is 16.5. The predicted molar refractivity (Wildman–Crippen MR) is 98.9 cm³/mol. The van der Waals surface area contributed by atoms with Crippen molar-refractivity contribution in [3.8, 4) is 6.01 Å². The fourth-order valence-corrected chi connectivity index (χ4v) is 2.39. The lowest BCUT2D eigenvalue weighted by Gasteiger charge is -2.09. The minimum atomic E-state index is 0.324. The van der Waals surface area contributed by atoms with Crippen LogP contribution in [-0.4, -0.2) is 28.1 Å². The molecule has 2 N–H and O–H groups in total. The molecule has 0 saturated carbocycles. The molecular formula is C18H29N5O2. The molecule has 0 aliphatic carbocycles. The minimum Gasteiger partial charge on any atom is -0.467 e. The maximum absolute atomic E-state index is 5.43. The molecule has 2 rings (SSSR count). The molecule has 0 aromatic carbocycles. The maximum Gasteiger partial charge on any atom is 0.323 e. The van der Waals surface area contributed by atoms with Gasteiger partial charge in [0.25, 0.3) is 0 Å². The summed E-state index contributed by atoms with van der Waals surface area (Å²) in [6.45, 7) is 6.01. The molecule has 0 radical (unpaired) electrons. The van der Waals surface area contributed by atoms with Gasteiger partial charge in [0.2, 0.25) is 11.9 Å². The number of rotatable bonds is 13. The number of nitrogens with one attached hydrogen (secondary N) is 2. The Labute approximate surface area is 149 Å². The van der Waals surface area contributed by atoms with Crippen molar-refractivity contribution in [3.63, 3.8) is 0 Å². The Kier molecular flexibility index (Phi) is 8.58. The first-order valence-electron chi connectivity index (χ1n) is 9.20. The molecule has 2 aromatic rings. The highest BCUT2D eigenvalue weighted by Crippen LogP contribution is 2.13. The number of ether oxygens (including phenoxy) is 1. The van der Waals surface area contributed by atoms with Crippen LogP contribution < -0.4 is 15.4 Å². The van der Waals surface area contributed by atoms with Gasteiger partial charge in [-0.2, -0.15) is 15.0 Å². The van der Waals surface area contributed by atoms with Crippen LogP contribution >= 0.6 is 0 Å². The third-order valence-electron chi connectivity index (χ3n) is 3.70. The van der Waals surface area contributed by atoms with Crippen molar-refractivity contribution in [2.45, 2.75) is 58.9 Å². The second-order valence-corrected chi connectivity index (χ2v) is 5.83. The van der Waals surface area contributed by atoms with Gasteiger partial charge in [0.05, 0.1) is 19.4 Å². The molecule has 0 unspecified atom stereocenters. The van der Waals surface area contributed by atoms with E-state index in [9.17, 15) is 0 Å². The van der Waals surface area contributed by atoms with E-state index in [-0.39, 0.29) is 0 Å². The van der Waals surface area contributed by atoms with Crippen LogP contribution in [-0.2, 0) is 6.54 Å². The van der Waals surface area contributed by atoms with Crippen molar-refractivity contribution >= 4 is 11.9 Å². The highest BCUT2D eigenvalue weighted by Gasteiger charge is 2.07. The van der Waals surface area contributed by atoms with E-state index < -0.39 is 0 Å². The monoisotopic (exact) mass is 347 g/mol. The van der Waals surface area contributed by atoms with Gasteiger partial charge in [-0.15, -0.1) is 0 Å². The molecule has 25 heavy (non-hydrogen) atoms. The second-order valence-electron chi connectivity index (χ2n) is 5.83. The van der Waals surface area contributed by atoms with Gasteiger partial charge in [-0.25, -0.2) is 0 Å². The Hall–Kier alpha value is -2.31. The van der Waals surface area contributed by atoms with E-state index in [0.717, 1.165) is 18.7 Å². The van der Waals surface area contributed by atoms with Crippen molar-refractivity contribution in [2.24, 2.45) is 0 Å². The van der Waals surface area contributed by atoms with Crippen LogP contribution in [0, 0.1) is 0 Å². The Balaban J connectivity index is 1.83. The summed E-state index contributed by atoms with van der Waals surface area (Å²) in [6, 6.07) is 4.07. The smallest absolute Gasteiger partial charge is 0.323 e. The number of furan rings is 1. The van der Waals surface area contributed by atoms with Crippen molar-refractivity contribution in [1.82, 2.24) is 15.0 Å². The summed E-state index contributed by atoms with van der Waals surface area (Å²) >= 11 is 0. The molecule has 0 saturated heterocycles. The first kappa shape index (κ1) is 19.0. The summed E-state index contributed by atoms with van der Waals surface area (Å²) in [4.78, 5) is 13.0. The summed E-state index contributed by atoms with van der Waals surface area (Å²) in [5.74, 6) is 1.83. The molecule has 2 heterocycles. The highest BCUT2D eigenvalue weighted by molar-refractivity contribution is 5.36. The Morgan fingerprint density at radius 3 is 2.44 bits per heavy atom. The molecule has 0 amide bonds. The van der Waals surface area contributed by atoms with E-state index in [4.69, 9.17) is 9.15 Å². The first-order valence-corrected chi connectivity index (χ1v) is 9.20. The van der Waals surface area contributed by atoms with E-state index in [1.165, 1.54) is 32.1 Å². The van der Waals surface area contributed by atoms with Gasteiger partial charge in [-0.1, -0.05) is 39.0 Å². The molecule has 0 aliphatic heterocycles. The fourth-order valence-electron chi connectivity index (χ4n) is 2.39. The van der Waals surface area contributed by atoms with Gasteiger partial charge < -0.3 is 19.8 Å². The molecule has 2 aromatic heterocycles. The normalized spacial score (nSPS) is 10.6. The number of anilines is 2. The van der Waals surface area contributed by atoms with Gasteiger partial charge in [-0.05, 0) is 25.5 Å². The van der Waals surface area contributed by atoms with Gasteiger partial charge in [0.1, 0.15) is 5.76 Å².